The summed E-state index contributed by atoms with van der Waals surface area (Å²) in [6, 6.07) is 2.35. The van der Waals surface area contributed by atoms with Crippen molar-refractivity contribution in [2.24, 2.45) is 5.92 Å². The van der Waals surface area contributed by atoms with Crippen LogP contribution in [0, 0.1) is 16.0 Å². The van der Waals surface area contributed by atoms with Gasteiger partial charge in [-0.15, -0.1) is 0 Å². The third kappa shape index (κ3) is 5.00. The standard InChI is InChI=1S/C13H20N2O5/c1-9(2)6-7-13(3,17)8-14-12(16)10-4-5-11(20-10)15(18)19/h4-5,9,17H,6-8H2,1-3H3,(H,14,16). The zero-order valence-electron chi connectivity index (χ0n) is 11.9. The van der Waals surface area contributed by atoms with Crippen molar-refractivity contribution in [2.45, 2.75) is 39.2 Å². The second-order valence-electron chi connectivity index (χ2n) is 5.51. The van der Waals surface area contributed by atoms with E-state index in [4.69, 9.17) is 4.42 Å². The molecule has 1 atom stereocenters. The van der Waals surface area contributed by atoms with Crippen LogP contribution in [0.15, 0.2) is 16.5 Å². The number of hydrogen-bond acceptors (Lipinski definition) is 5. The van der Waals surface area contributed by atoms with Gasteiger partial charge in [-0.1, -0.05) is 13.8 Å². The van der Waals surface area contributed by atoms with Gasteiger partial charge in [0.25, 0.3) is 5.91 Å². The zero-order chi connectivity index (χ0) is 15.3. The van der Waals surface area contributed by atoms with Crippen LogP contribution in [0.25, 0.3) is 0 Å². The Bertz CT molecular complexity index is 479. The van der Waals surface area contributed by atoms with Crippen LogP contribution < -0.4 is 5.32 Å². The third-order valence-electron chi connectivity index (χ3n) is 2.89. The minimum Gasteiger partial charge on any atom is -0.395 e. The Balaban J connectivity index is 2.51. The lowest BCUT2D eigenvalue weighted by atomic mass is 9.95. The molecule has 0 aliphatic heterocycles. The molecule has 1 heterocycles. The number of carbonyl (C=O) groups is 1. The largest absolute Gasteiger partial charge is 0.433 e. The normalized spacial score (nSPS) is 14.1. The number of amides is 1. The van der Waals surface area contributed by atoms with Crippen LogP contribution in [0.1, 0.15) is 44.2 Å². The van der Waals surface area contributed by atoms with Crippen LogP contribution in [0.5, 0.6) is 0 Å². The van der Waals surface area contributed by atoms with E-state index >= 15 is 0 Å². The molecule has 1 unspecified atom stereocenters. The van der Waals surface area contributed by atoms with Crippen molar-refractivity contribution < 1.29 is 19.2 Å². The molecular formula is C13H20N2O5. The predicted octanol–water partition coefficient (Wildman–Crippen LogP) is 2.10. The molecule has 0 aliphatic rings. The highest BCUT2D eigenvalue weighted by atomic mass is 16.6. The van der Waals surface area contributed by atoms with Gasteiger partial charge in [0.15, 0.2) is 5.76 Å². The number of nitrogens with zero attached hydrogens (tertiary/aromatic N) is 1. The number of nitro groups is 1. The van der Waals surface area contributed by atoms with E-state index in [9.17, 15) is 20.0 Å². The molecule has 0 saturated heterocycles. The lowest BCUT2D eigenvalue weighted by Gasteiger charge is -2.24. The Labute approximate surface area is 117 Å². The quantitative estimate of drug-likeness (QED) is 0.589. The van der Waals surface area contributed by atoms with Gasteiger partial charge in [0, 0.05) is 6.54 Å². The summed E-state index contributed by atoms with van der Waals surface area (Å²) in [6.07, 6.45) is 1.40. The molecule has 1 aromatic rings. The molecule has 0 radical (unpaired) electrons. The zero-order valence-corrected chi connectivity index (χ0v) is 11.9. The van der Waals surface area contributed by atoms with Crippen molar-refractivity contribution in [1.29, 1.82) is 0 Å². The Hall–Kier alpha value is -1.89. The third-order valence-corrected chi connectivity index (χ3v) is 2.89. The molecule has 0 aromatic carbocycles. The number of furan rings is 1. The highest BCUT2D eigenvalue weighted by molar-refractivity contribution is 5.91. The summed E-state index contributed by atoms with van der Waals surface area (Å²) in [4.78, 5) is 21.5. The molecule has 7 nitrogen and oxygen atoms in total. The lowest BCUT2D eigenvalue weighted by molar-refractivity contribution is -0.402. The van der Waals surface area contributed by atoms with Crippen molar-refractivity contribution in [2.75, 3.05) is 6.54 Å². The van der Waals surface area contributed by atoms with Gasteiger partial charge >= 0.3 is 5.88 Å². The van der Waals surface area contributed by atoms with Gasteiger partial charge in [0.05, 0.1) is 11.7 Å². The molecule has 1 rings (SSSR count). The number of nitrogens with one attached hydrogen (secondary N) is 1. The molecule has 0 saturated carbocycles. The van der Waals surface area contributed by atoms with E-state index in [1.807, 2.05) is 0 Å². The molecule has 1 aromatic heterocycles. The first-order valence-corrected chi connectivity index (χ1v) is 6.46. The molecule has 112 valence electrons. The summed E-state index contributed by atoms with van der Waals surface area (Å²) in [7, 11) is 0. The van der Waals surface area contributed by atoms with Gasteiger partial charge < -0.3 is 14.8 Å². The molecule has 0 fully saturated rings. The van der Waals surface area contributed by atoms with Crippen molar-refractivity contribution in [1.82, 2.24) is 5.32 Å². The summed E-state index contributed by atoms with van der Waals surface area (Å²) in [6.45, 7) is 5.81. The van der Waals surface area contributed by atoms with E-state index in [0.29, 0.717) is 12.3 Å². The SMILES string of the molecule is CC(C)CCC(C)(O)CNC(=O)c1ccc([N+](=O)[O-])o1. The van der Waals surface area contributed by atoms with E-state index in [2.05, 4.69) is 19.2 Å². The number of aliphatic hydroxyl groups is 1. The van der Waals surface area contributed by atoms with E-state index in [1.54, 1.807) is 6.92 Å². The topological polar surface area (TPSA) is 106 Å². The second-order valence-corrected chi connectivity index (χ2v) is 5.51. The Morgan fingerprint density at radius 3 is 2.70 bits per heavy atom. The van der Waals surface area contributed by atoms with E-state index < -0.39 is 22.3 Å². The second kappa shape index (κ2) is 6.51. The smallest absolute Gasteiger partial charge is 0.395 e. The molecule has 2 N–H and O–H groups in total. The molecule has 0 aliphatic carbocycles. The molecule has 0 spiro atoms. The summed E-state index contributed by atoms with van der Waals surface area (Å²) < 4.78 is 4.78. The van der Waals surface area contributed by atoms with E-state index in [1.165, 1.54) is 6.07 Å². The first-order valence-electron chi connectivity index (χ1n) is 6.46. The fourth-order valence-electron chi connectivity index (χ4n) is 1.59. The number of carbonyl (C=O) groups excluding carboxylic acids is 1. The summed E-state index contributed by atoms with van der Waals surface area (Å²) >= 11 is 0. The Morgan fingerprint density at radius 2 is 2.20 bits per heavy atom. The average Bonchev–Trinajstić information content (AvgIpc) is 2.83. The van der Waals surface area contributed by atoms with Gasteiger partial charge in [-0.3, -0.25) is 14.9 Å². The van der Waals surface area contributed by atoms with Gasteiger partial charge in [0.2, 0.25) is 0 Å². The molecule has 0 bridgehead atoms. The van der Waals surface area contributed by atoms with Crippen molar-refractivity contribution >= 4 is 11.8 Å². The molecule has 7 heteroatoms. The fourth-order valence-corrected chi connectivity index (χ4v) is 1.59. The highest BCUT2D eigenvalue weighted by Crippen LogP contribution is 2.17. The van der Waals surface area contributed by atoms with Crippen LogP contribution >= 0.6 is 0 Å². The maximum atomic E-state index is 11.7. The van der Waals surface area contributed by atoms with Gasteiger partial charge in [-0.2, -0.15) is 0 Å². The monoisotopic (exact) mass is 284 g/mol. The predicted molar refractivity (Wildman–Crippen MR) is 72.4 cm³/mol. The van der Waals surface area contributed by atoms with Crippen LogP contribution in [0.2, 0.25) is 0 Å². The van der Waals surface area contributed by atoms with Crippen LogP contribution in [0.3, 0.4) is 0 Å². The van der Waals surface area contributed by atoms with Crippen molar-refractivity contribution in [3.8, 4) is 0 Å². The molecule has 1 amide bonds. The minimum absolute atomic E-state index is 0.0626. The molecule has 20 heavy (non-hydrogen) atoms. The minimum atomic E-state index is -1.02. The first kappa shape index (κ1) is 16.2. The Kier molecular flexibility index (Phi) is 5.26. The van der Waals surface area contributed by atoms with Crippen molar-refractivity contribution in [3.05, 3.63) is 28.0 Å². The van der Waals surface area contributed by atoms with Crippen LogP contribution in [0.4, 0.5) is 5.88 Å². The Morgan fingerprint density at radius 1 is 1.55 bits per heavy atom. The van der Waals surface area contributed by atoms with Crippen LogP contribution in [-0.4, -0.2) is 28.1 Å². The highest BCUT2D eigenvalue weighted by Gasteiger charge is 2.23. The van der Waals surface area contributed by atoms with Gasteiger partial charge in [-0.05, 0) is 31.7 Å². The maximum absolute atomic E-state index is 11.7. The lowest BCUT2D eigenvalue weighted by Crippen LogP contribution is -2.40. The summed E-state index contributed by atoms with van der Waals surface area (Å²) in [5.41, 5.74) is -1.02. The van der Waals surface area contributed by atoms with Crippen LogP contribution in [-0.2, 0) is 0 Å². The maximum Gasteiger partial charge on any atom is 0.433 e. The van der Waals surface area contributed by atoms with E-state index in [0.717, 1.165) is 12.5 Å². The first-order chi connectivity index (χ1) is 9.21. The average molecular weight is 284 g/mol. The number of rotatable bonds is 7. The van der Waals surface area contributed by atoms with Gasteiger partial charge in [0.1, 0.15) is 4.92 Å². The van der Waals surface area contributed by atoms with E-state index in [-0.39, 0.29) is 12.3 Å². The number of hydrogen-bond donors (Lipinski definition) is 2. The molecular weight excluding hydrogens is 264 g/mol. The summed E-state index contributed by atoms with van der Waals surface area (Å²) in [5.74, 6) is -0.745. The van der Waals surface area contributed by atoms with Crippen molar-refractivity contribution in [3.63, 3.8) is 0 Å². The fraction of sp³-hybridized carbons (Fsp3) is 0.615. The summed E-state index contributed by atoms with van der Waals surface area (Å²) in [5, 5.41) is 23.1. The van der Waals surface area contributed by atoms with Gasteiger partial charge in [-0.25, -0.2) is 0 Å².